The summed E-state index contributed by atoms with van der Waals surface area (Å²) in [6.45, 7) is 0. The Bertz CT molecular complexity index is 1430. The average Bonchev–Trinajstić information content (AvgIpc) is 2.95. The first-order valence-corrected chi connectivity index (χ1v) is 10.8. The van der Waals surface area contributed by atoms with Crippen LogP contribution < -0.4 is 15.5 Å². The lowest BCUT2D eigenvalue weighted by molar-refractivity contribution is -0.124. The van der Waals surface area contributed by atoms with E-state index in [2.05, 4.69) is 10.6 Å². The van der Waals surface area contributed by atoms with Crippen LogP contribution in [-0.2, 0) is 20.8 Å². The van der Waals surface area contributed by atoms with E-state index < -0.39 is 0 Å². The van der Waals surface area contributed by atoms with E-state index in [-0.39, 0.29) is 36.3 Å². The van der Waals surface area contributed by atoms with Gasteiger partial charge in [0.1, 0.15) is 12.2 Å². The van der Waals surface area contributed by atoms with Gasteiger partial charge in [-0.15, -0.1) is 0 Å². The van der Waals surface area contributed by atoms with Gasteiger partial charge in [0.15, 0.2) is 0 Å². The minimum Gasteiger partial charge on any atom is -0.508 e. The van der Waals surface area contributed by atoms with Crippen LogP contribution in [0.5, 0.6) is 5.75 Å². The van der Waals surface area contributed by atoms with Crippen molar-refractivity contribution in [3.8, 4) is 5.75 Å². The normalized spacial score (nSPS) is 13.2. The van der Waals surface area contributed by atoms with Crippen molar-refractivity contribution in [3.05, 3.63) is 90.5 Å². The van der Waals surface area contributed by atoms with Gasteiger partial charge < -0.3 is 15.7 Å². The Balaban J connectivity index is 1.43. The van der Waals surface area contributed by atoms with Crippen LogP contribution in [0.4, 0.5) is 22.7 Å². The van der Waals surface area contributed by atoms with Crippen molar-refractivity contribution >= 4 is 51.2 Å². The Kier molecular flexibility index (Phi) is 5.43. The number of rotatable bonds is 4. The Morgan fingerprint density at radius 1 is 0.912 bits per heavy atom. The highest BCUT2D eigenvalue weighted by Crippen LogP contribution is 2.40. The molecule has 4 aromatic carbocycles. The number of carbonyl (C=O) groups is 3. The van der Waals surface area contributed by atoms with E-state index in [4.69, 9.17) is 0 Å². The van der Waals surface area contributed by atoms with Crippen molar-refractivity contribution < 1.29 is 19.5 Å². The first kappa shape index (κ1) is 21.2. The SMILES string of the molecule is O=C(Cc1ccccc1O)Nc1ccc(N2C(=O)CC(=O)Nc3c2ccc2ccccc32)cc1. The van der Waals surface area contributed by atoms with E-state index in [0.29, 0.717) is 28.3 Å². The van der Waals surface area contributed by atoms with Crippen molar-refractivity contribution in [2.24, 2.45) is 0 Å². The molecular weight excluding hydrogens is 430 g/mol. The number of nitrogens with one attached hydrogen (secondary N) is 2. The number of carbonyl (C=O) groups excluding carboxylic acids is 3. The maximum absolute atomic E-state index is 13.0. The van der Waals surface area contributed by atoms with Gasteiger partial charge in [-0.2, -0.15) is 0 Å². The summed E-state index contributed by atoms with van der Waals surface area (Å²) >= 11 is 0. The third-order valence-corrected chi connectivity index (χ3v) is 5.73. The number of anilines is 4. The maximum atomic E-state index is 13.0. The second-order valence-corrected chi connectivity index (χ2v) is 8.04. The number of amides is 3. The lowest BCUT2D eigenvalue weighted by atomic mass is 10.1. The third kappa shape index (κ3) is 4.06. The fourth-order valence-electron chi connectivity index (χ4n) is 4.13. The summed E-state index contributed by atoms with van der Waals surface area (Å²) in [7, 11) is 0. The molecule has 1 aliphatic heterocycles. The lowest BCUT2D eigenvalue weighted by Crippen LogP contribution is -2.26. The van der Waals surface area contributed by atoms with Crippen molar-refractivity contribution in [2.45, 2.75) is 12.8 Å². The number of aromatic hydroxyl groups is 1. The molecule has 0 radical (unpaired) electrons. The molecule has 0 saturated carbocycles. The zero-order valence-corrected chi connectivity index (χ0v) is 18.1. The maximum Gasteiger partial charge on any atom is 0.241 e. The number of phenols is 1. The second-order valence-electron chi connectivity index (χ2n) is 8.04. The molecule has 0 saturated heterocycles. The molecule has 34 heavy (non-hydrogen) atoms. The van der Waals surface area contributed by atoms with E-state index in [0.717, 1.165) is 10.8 Å². The van der Waals surface area contributed by atoms with E-state index in [1.165, 1.54) is 11.0 Å². The van der Waals surface area contributed by atoms with Crippen LogP contribution in [0, 0.1) is 0 Å². The van der Waals surface area contributed by atoms with Gasteiger partial charge in [0.05, 0.1) is 17.8 Å². The first-order chi connectivity index (χ1) is 16.5. The van der Waals surface area contributed by atoms with E-state index in [1.807, 2.05) is 36.4 Å². The molecule has 0 atom stereocenters. The molecule has 4 aromatic rings. The van der Waals surface area contributed by atoms with Crippen molar-refractivity contribution in [1.29, 1.82) is 0 Å². The molecule has 0 bridgehead atoms. The van der Waals surface area contributed by atoms with Gasteiger partial charge in [-0.05, 0) is 41.8 Å². The molecule has 0 fully saturated rings. The highest BCUT2D eigenvalue weighted by Gasteiger charge is 2.28. The molecule has 7 nitrogen and oxygen atoms in total. The van der Waals surface area contributed by atoms with Gasteiger partial charge in [-0.1, -0.05) is 48.5 Å². The molecule has 5 rings (SSSR count). The van der Waals surface area contributed by atoms with E-state index in [9.17, 15) is 19.5 Å². The van der Waals surface area contributed by atoms with Crippen molar-refractivity contribution in [2.75, 3.05) is 15.5 Å². The molecule has 0 spiro atoms. The number of benzene rings is 4. The number of hydrogen-bond donors (Lipinski definition) is 3. The molecule has 3 N–H and O–H groups in total. The molecule has 0 aromatic heterocycles. The van der Waals surface area contributed by atoms with Gasteiger partial charge >= 0.3 is 0 Å². The monoisotopic (exact) mass is 451 g/mol. The fraction of sp³-hybridized carbons (Fsp3) is 0.0741. The van der Waals surface area contributed by atoms with Crippen LogP contribution in [0.1, 0.15) is 12.0 Å². The topological polar surface area (TPSA) is 98.7 Å². The summed E-state index contributed by atoms with van der Waals surface area (Å²) in [4.78, 5) is 39.3. The lowest BCUT2D eigenvalue weighted by Gasteiger charge is -2.23. The third-order valence-electron chi connectivity index (χ3n) is 5.73. The number of nitrogens with zero attached hydrogens (tertiary/aromatic N) is 1. The predicted molar refractivity (Wildman–Crippen MR) is 131 cm³/mol. The van der Waals surface area contributed by atoms with Crippen LogP contribution >= 0.6 is 0 Å². The van der Waals surface area contributed by atoms with Crippen LogP contribution in [0.25, 0.3) is 10.8 Å². The predicted octanol–water partition coefficient (Wildman–Crippen LogP) is 4.73. The molecule has 0 unspecified atom stereocenters. The van der Waals surface area contributed by atoms with Gasteiger partial charge in [0, 0.05) is 22.3 Å². The Morgan fingerprint density at radius 3 is 2.44 bits per heavy atom. The number of phenolic OH excluding ortho intramolecular Hbond substituents is 1. The second kappa shape index (κ2) is 8.71. The van der Waals surface area contributed by atoms with Gasteiger partial charge in [-0.25, -0.2) is 0 Å². The molecule has 7 heteroatoms. The van der Waals surface area contributed by atoms with Crippen LogP contribution in [0.15, 0.2) is 84.9 Å². The van der Waals surface area contributed by atoms with E-state index >= 15 is 0 Å². The average molecular weight is 451 g/mol. The summed E-state index contributed by atoms with van der Waals surface area (Å²) in [5, 5.41) is 17.4. The van der Waals surface area contributed by atoms with Crippen LogP contribution in [0.3, 0.4) is 0 Å². The summed E-state index contributed by atoms with van der Waals surface area (Å²) in [5.74, 6) is -0.908. The zero-order chi connectivity index (χ0) is 23.7. The Morgan fingerprint density at radius 2 is 1.65 bits per heavy atom. The quantitative estimate of drug-likeness (QED) is 0.391. The standard InChI is InChI=1S/C27H21N3O4/c31-23-8-4-2-6-18(23)15-24(32)28-19-10-12-20(13-11-19)30-22-14-9-17-5-1-3-7-21(17)27(22)29-25(33)16-26(30)34/h1-14,31H,15-16H2,(H,28,32)(H,29,33). The first-order valence-electron chi connectivity index (χ1n) is 10.8. The molecule has 1 aliphatic rings. The number of para-hydroxylation sites is 1. The summed E-state index contributed by atoms with van der Waals surface area (Å²) in [6, 6.07) is 24.9. The molecule has 168 valence electrons. The van der Waals surface area contributed by atoms with Crippen LogP contribution in [0.2, 0.25) is 0 Å². The fourth-order valence-corrected chi connectivity index (χ4v) is 4.13. The summed E-state index contributed by atoms with van der Waals surface area (Å²) in [6.07, 6.45) is -0.241. The minimum atomic E-state index is -0.363. The Hall–Kier alpha value is -4.65. The Labute approximate surface area is 195 Å². The summed E-state index contributed by atoms with van der Waals surface area (Å²) in [5.41, 5.74) is 2.85. The molecular formula is C27H21N3O4. The van der Waals surface area contributed by atoms with Crippen molar-refractivity contribution in [1.82, 2.24) is 0 Å². The largest absolute Gasteiger partial charge is 0.508 e. The number of hydrogen-bond acceptors (Lipinski definition) is 4. The highest BCUT2D eigenvalue weighted by molar-refractivity contribution is 6.21. The zero-order valence-electron chi connectivity index (χ0n) is 18.1. The number of fused-ring (bicyclic) bond motifs is 3. The van der Waals surface area contributed by atoms with Crippen molar-refractivity contribution in [3.63, 3.8) is 0 Å². The van der Waals surface area contributed by atoms with Gasteiger partial charge in [0.2, 0.25) is 17.7 Å². The molecule has 1 heterocycles. The summed E-state index contributed by atoms with van der Waals surface area (Å²) < 4.78 is 0. The smallest absolute Gasteiger partial charge is 0.241 e. The molecule has 3 amide bonds. The van der Waals surface area contributed by atoms with Gasteiger partial charge in [0.25, 0.3) is 0 Å². The minimum absolute atomic E-state index is 0.0350. The highest BCUT2D eigenvalue weighted by atomic mass is 16.3. The molecule has 0 aliphatic carbocycles. The van der Waals surface area contributed by atoms with Gasteiger partial charge in [-0.3, -0.25) is 19.3 Å². The van der Waals surface area contributed by atoms with E-state index in [1.54, 1.807) is 42.5 Å². The van der Waals surface area contributed by atoms with Crippen LogP contribution in [-0.4, -0.2) is 22.8 Å².